The molecule has 0 spiro atoms. The van der Waals surface area contributed by atoms with E-state index in [2.05, 4.69) is 0 Å². The standard InChI is InChI=1S/C28H25NO5S/c30-22(20-33-23-15-16-28-26(17-23)25-13-7-8-14-27(25)34-28)19-29(18-21-9-3-1-4-10-21)35(31,32)24-11-5-2-6-12-24/h1-17,22,30H,18-20H2. The Morgan fingerprint density at radius 3 is 2.23 bits per heavy atom. The first kappa shape index (κ1) is 23.1. The lowest BCUT2D eigenvalue weighted by Crippen LogP contribution is -2.39. The Bertz CT molecular complexity index is 1530. The molecule has 1 unspecified atom stereocenters. The van der Waals surface area contributed by atoms with E-state index in [1.165, 1.54) is 4.31 Å². The van der Waals surface area contributed by atoms with E-state index >= 15 is 0 Å². The zero-order valence-corrected chi connectivity index (χ0v) is 19.8. The van der Waals surface area contributed by atoms with Gasteiger partial charge in [0.1, 0.15) is 29.6 Å². The molecule has 1 N–H and O–H groups in total. The maximum Gasteiger partial charge on any atom is 0.243 e. The predicted octanol–water partition coefficient (Wildman–Crippen LogP) is 5.22. The van der Waals surface area contributed by atoms with E-state index in [0.29, 0.717) is 5.75 Å². The maximum absolute atomic E-state index is 13.4. The third-order valence-corrected chi connectivity index (χ3v) is 7.61. The molecule has 0 bridgehead atoms. The molecule has 0 radical (unpaired) electrons. The lowest BCUT2D eigenvalue weighted by molar-refractivity contribution is 0.0881. The highest BCUT2D eigenvalue weighted by Gasteiger charge is 2.27. The number of fused-ring (bicyclic) bond motifs is 3. The number of nitrogens with zero attached hydrogens (tertiary/aromatic N) is 1. The number of benzene rings is 4. The van der Waals surface area contributed by atoms with E-state index in [1.54, 1.807) is 36.4 Å². The van der Waals surface area contributed by atoms with E-state index < -0.39 is 16.1 Å². The number of aliphatic hydroxyl groups excluding tert-OH is 1. The molecule has 0 fully saturated rings. The SMILES string of the molecule is O=S(=O)(c1ccccc1)N(Cc1ccccc1)CC(O)COc1ccc2oc3ccccc3c2c1. The van der Waals surface area contributed by atoms with Gasteiger partial charge in [-0.25, -0.2) is 8.42 Å². The predicted molar refractivity (Wildman–Crippen MR) is 136 cm³/mol. The van der Waals surface area contributed by atoms with Gasteiger partial charge in [0.15, 0.2) is 0 Å². The summed E-state index contributed by atoms with van der Waals surface area (Å²) in [4.78, 5) is 0.182. The summed E-state index contributed by atoms with van der Waals surface area (Å²) in [6.45, 7) is -0.0258. The molecule has 178 valence electrons. The average molecular weight is 488 g/mol. The van der Waals surface area contributed by atoms with Crippen LogP contribution in [0.5, 0.6) is 5.75 Å². The molecular weight excluding hydrogens is 462 g/mol. The van der Waals surface area contributed by atoms with Gasteiger partial charge in [0.05, 0.1) is 4.90 Å². The minimum atomic E-state index is -3.82. The molecule has 7 heteroatoms. The second-order valence-electron chi connectivity index (χ2n) is 8.32. The van der Waals surface area contributed by atoms with Crippen molar-refractivity contribution in [3.8, 4) is 5.75 Å². The zero-order valence-electron chi connectivity index (χ0n) is 18.9. The molecule has 0 aliphatic carbocycles. The van der Waals surface area contributed by atoms with Crippen LogP contribution in [0.3, 0.4) is 0 Å². The molecular formula is C28H25NO5S. The minimum absolute atomic E-state index is 0.0586. The van der Waals surface area contributed by atoms with Crippen LogP contribution in [-0.4, -0.2) is 37.1 Å². The van der Waals surface area contributed by atoms with Crippen molar-refractivity contribution >= 4 is 32.0 Å². The Labute approximate surface area is 204 Å². The molecule has 1 atom stereocenters. The van der Waals surface area contributed by atoms with Crippen LogP contribution in [0, 0.1) is 0 Å². The third kappa shape index (κ3) is 5.07. The number of para-hydroxylation sites is 1. The molecule has 4 aromatic carbocycles. The van der Waals surface area contributed by atoms with E-state index in [9.17, 15) is 13.5 Å². The van der Waals surface area contributed by atoms with Crippen molar-refractivity contribution in [2.75, 3.05) is 13.2 Å². The minimum Gasteiger partial charge on any atom is -0.491 e. The Kier molecular flexibility index (Phi) is 6.55. The summed E-state index contributed by atoms with van der Waals surface area (Å²) in [6.07, 6.45) is -1.03. The van der Waals surface area contributed by atoms with Crippen LogP contribution in [0.1, 0.15) is 5.56 Å². The first-order valence-electron chi connectivity index (χ1n) is 11.3. The molecule has 0 aliphatic rings. The van der Waals surface area contributed by atoms with Gasteiger partial charge >= 0.3 is 0 Å². The van der Waals surface area contributed by atoms with Crippen molar-refractivity contribution in [1.82, 2.24) is 4.31 Å². The normalized spacial score (nSPS) is 12.9. The number of aliphatic hydroxyl groups is 1. The topological polar surface area (TPSA) is 80.0 Å². The van der Waals surface area contributed by atoms with Crippen molar-refractivity contribution in [2.24, 2.45) is 0 Å². The average Bonchev–Trinajstić information content (AvgIpc) is 3.26. The van der Waals surface area contributed by atoms with Crippen LogP contribution in [0.2, 0.25) is 0 Å². The van der Waals surface area contributed by atoms with Crippen molar-refractivity contribution in [3.63, 3.8) is 0 Å². The second kappa shape index (κ2) is 9.92. The summed E-state index contributed by atoms with van der Waals surface area (Å²) >= 11 is 0. The molecule has 1 heterocycles. The monoisotopic (exact) mass is 487 g/mol. The fourth-order valence-electron chi connectivity index (χ4n) is 4.05. The molecule has 0 saturated carbocycles. The molecule has 1 aromatic heterocycles. The van der Waals surface area contributed by atoms with Crippen LogP contribution in [0.4, 0.5) is 0 Å². The van der Waals surface area contributed by atoms with E-state index in [0.717, 1.165) is 27.5 Å². The van der Waals surface area contributed by atoms with Gasteiger partial charge in [-0.3, -0.25) is 0 Å². The summed E-state index contributed by atoms with van der Waals surface area (Å²) in [6, 6.07) is 30.8. The quantitative estimate of drug-likeness (QED) is 0.308. The van der Waals surface area contributed by atoms with Crippen LogP contribution >= 0.6 is 0 Å². The lowest BCUT2D eigenvalue weighted by atomic mass is 10.1. The zero-order chi connectivity index (χ0) is 24.3. The molecule has 6 nitrogen and oxygen atoms in total. The fourth-order valence-corrected chi connectivity index (χ4v) is 5.54. The van der Waals surface area contributed by atoms with Gasteiger partial charge in [-0.05, 0) is 42.0 Å². The van der Waals surface area contributed by atoms with Gasteiger partial charge in [-0.2, -0.15) is 4.31 Å². The number of furan rings is 1. The molecule has 5 aromatic rings. The number of sulfonamides is 1. The number of hydrogen-bond donors (Lipinski definition) is 1. The van der Waals surface area contributed by atoms with Gasteiger partial charge in [0, 0.05) is 23.9 Å². The van der Waals surface area contributed by atoms with E-state index in [-0.39, 0.29) is 24.6 Å². The molecule has 35 heavy (non-hydrogen) atoms. The van der Waals surface area contributed by atoms with Crippen LogP contribution in [0.25, 0.3) is 21.9 Å². The highest BCUT2D eigenvalue weighted by Crippen LogP contribution is 2.31. The van der Waals surface area contributed by atoms with E-state index in [4.69, 9.17) is 9.15 Å². The first-order chi connectivity index (χ1) is 17.0. The summed E-state index contributed by atoms with van der Waals surface area (Å²) in [7, 11) is -3.82. The molecule has 0 amide bonds. The molecule has 0 saturated heterocycles. The van der Waals surface area contributed by atoms with Gasteiger partial charge in [0.25, 0.3) is 0 Å². The molecule has 5 rings (SSSR count). The Morgan fingerprint density at radius 1 is 0.800 bits per heavy atom. The largest absolute Gasteiger partial charge is 0.491 e. The van der Waals surface area contributed by atoms with E-state index in [1.807, 2.05) is 66.7 Å². The van der Waals surface area contributed by atoms with Gasteiger partial charge < -0.3 is 14.3 Å². The lowest BCUT2D eigenvalue weighted by Gasteiger charge is -2.25. The first-order valence-corrected chi connectivity index (χ1v) is 12.8. The fraction of sp³-hybridized carbons (Fsp3) is 0.143. The summed E-state index contributed by atoms with van der Waals surface area (Å²) in [5, 5.41) is 12.7. The van der Waals surface area contributed by atoms with Crippen molar-refractivity contribution in [2.45, 2.75) is 17.5 Å². The maximum atomic E-state index is 13.4. The van der Waals surface area contributed by atoms with Crippen molar-refractivity contribution in [3.05, 3.63) is 109 Å². The third-order valence-electron chi connectivity index (χ3n) is 5.79. The Morgan fingerprint density at radius 2 is 1.46 bits per heavy atom. The Balaban J connectivity index is 1.33. The van der Waals surface area contributed by atoms with Gasteiger partial charge in [-0.15, -0.1) is 0 Å². The number of rotatable bonds is 9. The van der Waals surface area contributed by atoms with Gasteiger partial charge in [0.2, 0.25) is 10.0 Å². The molecule has 0 aliphatic heterocycles. The summed E-state index contributed by atoms with van der Waals surface area (Å²) in [5.74, 6) is 0.573. The van der Waals surface area contributed by atoms with Crippen molar-refractivity contribution in [1.29, 1.82) is 0 Å². The van der Waals surface area contributed by atoms with Crippen molar-refractivity contribution < 1.29 is 22.7 Å². The summed E-state index contributed by atoms with van der Waals surface area (Å²) in [5.41, 5.74) is 2.38. The highest BCUT2D eigenvalue weighted by atomic mass is 32.2. The van der Waals surface area contributed by atoms with Gasteiger partial charge in [-0.1, -0.05) is 66.7 Å². The van der Waals surface area contributed by atoms with Crippen LogP contribution in [0.15, 0.2) is 112 Å². The summed E-state index contributed by atoms with van der Waals surface area (Å²) < 4.78 is 39.7. The Hall–Kier alpha value is -3.65. The second-order valence-corrected chi connectivity index (χ2v) is 10.3. The van der Waals surface area contributed by atoms with Crippen LogP contribution < -0.4 is 4.74 Å². The smallest absolute Gasteiger partial charge is 0.243 e. The number of ether oxygens (including phenoxy) is 1. The van der Waals surface area contributed by atoms with Crippen LogP contribution in [-0.2, 0) is 16.6 Å². The number of hydrogen-bond acceptors (Lipinski definition) is 5. The highest BCUT2D eigenvalue weighted by molar-refractivity contribution is 7.89.